The molecule has 3 aromatic carbocycles. The van der Waals surface area contributed by atoms with Gasteiger partial charge in [0.15, 0.2) is 0 Å². The van der Waals surface area contributed by atoms with E-state index in [1.807, 2.05) is 68.0 Å². The van der Waals surface area contributed by atoms with Gasteiger partial charge in [-0.05, 0) is 64.3 Å². The molecule has 0 saturated heterocycles. The summed E-state index contributed by atoms with van der Waals surface area (Å²) in [4.78, 5) is 29.4. The SMILES string of the molecule is Cc1ccc(CC(CNC(N)=O)n2c(=NC(=O)OC(C)(C)C)n(Cc3ccc(C)cc3)c3ccccc32)cc1. The summed E-state index contributed by atoms with van der Waals surface area (Å²) in [6.07, 6.45) is -0.0955. The summed E-state index contributed by atoms with van der Waals surface area (Å²) in [6.45, 7) is 10.3. The molecule has 0 saturated carbocycles. The summed E-state index contributed by atoms with van der Waals surface area (Å²) in [5.41, 5.74) is 11.5. The van der Waals surface area contributed by atoms with E-state index in [0.29, 0.717) is 18.6 Å². The van der Waals surface area contributed by atoms with Gasteiger partial charge in [-0.15, -0.1) is 4.99 Å². The van der Waals surface area contributed by atoms with Gasteiger partial charge in [-0.3, -0.25) is 0 Å². The highest BCUT2D eigenvalue weighted by molar-refractivity contribution is 5.77. The Hall–Kier alpha value is -4.33. The van der Waals surface area contributed by atoms with Crippen LogP contribution in [0.3, 0.4) is 0 Å². The molecule has 204 valence electrons. The Bertz CT molecular complexity index is 1520. The van der Waals surface area contributed by atoms with E-state index in [9.17, 15) is 9.59 Å². The zero-order valence-electron chi connectivity index (χ0n) is 23.3. The molecule has 0 aliphatic carbocycles. The van der Waals surface area contributed by atoms with Crippen LogP contribution in [0.2, 0.25) is 0 Å². The molecule has 0 radical (unpaired) electrons. The summed E-state index contributed by atoms with van der Waals surface area (Å²) in [7, 11) is 0. The molecule has 1 atom stereocenters. The van der Waals surface area contributed by atoms with E-state index in [1.54, 1.807) is 0 Å². The van der Waals surface area contributed by atoms with Gasteiger partial charge in [0.25, 0.3) is 0 Å². The number of hydrogen-bond donors (Lipinski definition) is 2. The first-order valence-electron chi connectivity index (χ1n) is 13.1. The quantitative estimate of drug-likeness (QED) is 0.336. The molecule has 0 aliphatic rings. The number of aryl methyl sites for hydroxylation is 2. The number of carbonyl (C=O) groups excluding carboxylic acids is 2. The average molecular weight is 528 g/mol. The Morgan fingerprint density at radius 2 is 1.46 bits per heavy atom. The number of hydrogen-bond acceptors (Lipinski definition) is 3. The minimum absolute atomic E-state index is 0.253. The van der Waals surface area contributed by atoms with E-state index in [4.69, 9.17) is 10.5 Å². The van der Waals surface area contributed by atoms with Crippen molar-refractivity contribution in [2.24, 2.45) is 10.7 Å². The number of para-hydroxylation sites is 2. The second-order valence-corrected chi connectivity index (χ2v) is 10.9. The highest BCUT2D eigenvalue weighted by Gasteiger charge is 2.23. The number of imidazole rings is 1. The van der Waals surface area contributed by atoms with Crippen LogP contribution in [-0.2, 0) is 17.7 Å². The Morgan fingerprint density at radius 3 is 2.03 bits per heavy atom. The van der Waals surface area contributed by atoms with Crippen molar-refractivity contribution in [1.82, 2.24) is 14.5 Å². The highest BCUT2D eigenvalue weighted by Crippen LogP contribution is 2.22. The van der Waals surface area contributed by atoms with Crippen molar-refractivity contribution in [3.8, 4) is 0 Å². The van der Waals surface area contributed by atoms with Crippen LogP contribution in [0, 0.1) is 13.8 Å². The van der Waals surface area contributed by atoms with Gasteiger partial charge < -0.3 is 24.9 Å². The van der Waals surface area contributed by atoms with Crippen molar-refractivity contribution in [2.45, 2.75) is 59.2 Å². The van der Waals surface area contributed by atoms with Crippen molar-refractivity contribution < 1.29 is 14.3 Å². The van der Waals surface area contributed by atoms with Gasteiger partial charge in [0.2, 0.25) is 5.62 Å². The summed E-state index contributed by atoms with van der Waals surface area (Å²) < 4.78 is 9.64. The average Bonchev–Trinajstić information content (AvgIpc) is 3.15. The second-order valence-electron chi connectivity index (χ2n) is 10.9. The number of nitrogens with one attached hydrogen (secondary N) is 1. The molecule has 3 N–H and O–H groups in total. The van der Waals surface area contributed by atoms with Crippen molar-refractivity contribution in [3.05, 3.63) is 101 Å². The normalized spacial score (nSPS) is 12.9. The number of carbonyl (C=O) groups is 2. The lowest BCUT2D eigenvalue weighted by molar-refractivity contribution is 0.0593. The lowest BCUT2D eigenvalue weighted by Crippen LogP contribution is -2.39. The van der Waals surface area contributed by atoms with E-state index >= 15 is 0 Å². The van der Waals surface area contributed by atoms with E-state index < -0.39 is 17.7 Å². The predicted molar refractivity (Wildman–Crippen MR) is 154 cm³/mol. The number of nitrogens with zero attached hydrogens (tertiary/aromatic N) is 3. The Labute approximate surface area is 229 Å². The monoisotopic (exact) mass is 527 g/mol. The maximum Gasteiger partial charge on any atom is 0.437 e. The fourth-order valence-corrected chi connectivity index (χ4v) is 4.58. The van der Waals surface area contributed by atoms with Crippen molar-refractivity contribution in [3.63, 3.8) is 0 Å². The van der Waals surface area contributed by atoms with Gasteiger partial charge in [0.05, 0.1) is 23.6 Å². The Balaban J connectivity index is 1.95. The lowest BCUT2D eigenvalue weighted by Gasteiger charge is -2.21. The molecule has 1 heterocycles. The minimum atomic E-state index is -0.700. The van der Waals surface area contributed by atoms with Gasteiger partial charge >= 0.3 is 12.1 Å². The zero-order chi connectivity index (χ0) is 28.2. The first-order valence-corrected chi connectivity index (χ1v) is 13.1. The van der Waals surface area contributed by atoms with E-state index in [2.05, 4.69) is 58.8 Å². The largest absolute Gasteiger partial charge is 0.442 e. The molecule has 8 heteroatoms. The van der Waals surface area contributed by atoms with Crippen LogP contribution in [0.4, 0.5) is 9.59 Å². The van der Waals surface area contributed by atoms with E-state index in [-0.39, 0.29) is 12.6 Å². The molecule has 0 spiro atoms. The van der Waals surface area contributed by atoms with Crippen LogP contribution >= 0.6 is 0 Å². The number of rotatable bonds is 7. The smallest absolute Gasteiger partial charge is 0.437 e. The molecule has 8 nitrogen and oxygen atoms in total. The first-order chi connectivity index (χ1) is 18.5. The number of fused-ring (bicyclic) bond motifs is 1. The van der Waals surface area contributed by atoms with Crippen LogP contribution in [0.25, 0.3) is 11.0 Å². The zero-order valence-corrected chi connectivity index (χ0v) is 23.3. The third kappa shape index (κ3) is 7.16. The van der Waals surface area contributed by atoms with Crippen molar-refractivity contribution in [2.75, 3.05) is 6.54 Å². The van der Waals surface area contributed by atoms with E-state index in [1.165, 1.54) is 5.56 Å². The summed E-state index contributed by atoms with van der Waals surface area (Å²) in [6, 6.07) is 23.6. The molecular weight excluding hydrogens is 490 g/mol. The van der Waals surface area contributed by atoms with Gasteiger partial charge in [-0.2, -0.15) is 0 Å². The fourth-order valence-electron chi connectivity index (χ4n) is 4.58. The molecule has 0 aliphatic heterocycles. The Kier molecular flexibility index (Phi) is 8.24. The summed E-state index contributed by atoms with van der Waals surface area (Å²) in [5, 5.41) is 2.78. The fraction of sp³-hybridized carbons (Fsp3) is 0.323. The van der Waals surface area contributed by atoms with Gasteiger partial charge in [0.1, 0.15) is 5.60 Å². The molecule has 39 heavy (non-hydrogen) atoms. The van der Waals surface area contributed by atoms with Gasteiger partial charge in [0, 0.05) is 6.54 Å². The third-order valence-corrected chi connectivity index (χ3v) is 6.40. The molecule has 4 aromatic rings. The number of primary amides is 1. The molecule has 0 bridgehead atoms. The van der Waals surface area contributed by atoms with Crippen LogP contribution in [0.5, 0.6) is 0 Å². The lowest BCUT2D eigenvalue weighted by atomic mass is 10.0. The van der Waals surface area contributed by atoms with Crippen LogP contribution < -0.4 is 16.7 Å². The minimum Gasteiger partial charge on any atom is -0.442 e. The van der Waals surface area contributed by atoms with Crippen molar-refractivity contribution in [1.29, 1.82) is 0 Å². The number of nitrogens with two attached hydrogens (primary N) is 1. The van der Waals surface area contributed by atoms with Crippen LogP contribution in [0.15, 0.2) is 77.8 Å². The standard InChI is InChI=1S/C31H37N5O3/c1-21-10-14-23(15-11-21)18-25(19-33-28(32)37)36-27-9-7-6-8-26(27)35(20-24-16-12-22(2)13-17-24)29(36)34-30(38)39-31(3,4)5/h6-17,25H,18-20H2,1-5H3,(H3,32,33,37). The van der Waals surface area contributed by atoms with Crippen molar-refractivity contribution >= 4 is 23.2 Å². The number of ether oxygens (including phenoxy) is 1. The first kappa shape index (κ1) is 27.7. The molecular formula is C31H37N5O3. The molecule has 4 rings (SSSR count). The predicted octanol–water partition coefficient (Wildman–Crippen LogP) is 5.40. The molecule has 0 fully saturated rings. The molecule has 1 unspecified atom stereocenters. The number of aromatic nitrogens is 2. The number of amides is 3. The summed E-state index contributed by atoms with van der Waals surface area (Å²) >= 11 is 0. The second kappa shape index (κ2) is 11.6. The highest BCUT2D eigenvalue weighted by atomic mass is 16.6. The molecule has 1 aromatic heterocycles. The maximum atomic E-state index is 13.1. The Morgan fingerprint density at radius 1 is 0.897 bits per heavy atom. The topological polar surface area (TPSA) is 104 Å². The number of urea groups is 1. The molecule has 3 amide bonds. The van der Waals surface area contributed by atoms with Crippen LogP contribution in [-0.4, -0.2) is 33.4 Å². The van der Waals surface area contributed by atoms with Crippen LogP contribution in [0.1, 0.15) is 49.1 Å². The number of benzene rings is 3. The third-order valence-electron chi connectivity index (χ3n) is 6.40. The maximum absolute atomic E-state index is 13.1. The summed E-state index contributed by atoms with van der Waals surface area (Å²) in [5.74, 6) is 0. The van der Waals surface area contributed by atoms with Gasteiger partial charge in [-0.25, -0.2) is 9.59 Å². The van der Waals surface area contributed by atoms with Gasteiger partial charge in [-0.1, -0.05) is 71.8 Å². The van der Waals surface area contributed by atoms with E-state index in [0.717, 1.165) is 27.7 Å².